The number of carboxylic acid groups (broad SMARTS) is 5. The molecule has 0 atom stereocenters. The number of carboxylic acids is 5. The third-order valence-corrected chi connectivity index (χ3v) is 6.61. The lowest BCUT2D eigenvalue weighted by Gasteiger charge is -2.33. The number of carbonyl (C=O) groups is 5. The molecular weight excluding hydrogens is 564 g/mol. The van der Waals surface area contributed by atoms with E-state index in [1.165, 1.54) is 0 Å². The van der Waals surface area contributed by atoms with E-state index in [4.69, 9.17) is 0 Å². The molecule has 1 saturated heterocycles. The molecule has 1 aliphatic rings. The fraction of sp³-hybridized carbons (Fsp3) is 0.792. The highest BCUT2D eigenvalue weighted by molar-refractivity contribution is 5.70. The summed E-state index contributed by atoms with van der Waals surface area (Å²) in [6.07, 6.45) is -1.70. The minimum absolute atomic E-state index is 0.146. The van der Waals surface area contributed by atoms with Crippen LogP contribution >= 0.6 is 0 Å². The fourth-order valence-electron chi connectivity index (χ4n) is 4.53. The zero-order valence-electron chi connectivity index (χ0n) is 23.7. The van der Waals surface area contributed by atoms with E-state index in [0.717, 1.165) is 0 Å². The second-order valence-corrected chi connectivity index (χ2v) is 10.1. The van der Waals surface area contributed by atoms with Crippen LogP contribution < -0.4 is 0 Å². The summed E-state index contributed by atoms with van der Waals surface area (Å²) in [6, 6.07) is 0. The first kappa shape index (κ1) is 37.1. The van der Waals surface area contributed by atoms with Gasteiger partial charge in [0.1, 0.15) is 0 Å². The molecule has 1 fully saturated rings. The zero-order valence-corrected chi connectivity index (χ0v) is 23.7. The number of aliphatic hydroxyl groups excluding tert-OH is 1. The smallest absolute Gasteiger partial charge is 0.317 e. The lowest BCUT2D eigenvalue weighted by Crippen LogP contribution is -2.49. The summed E-state index contributed by atoms with van der Waals surface area (Å²) in [5.41, 5.74) is 0. The first-order valence-electron chi connectivity index (χ1n) is 13.5. The summed E-state index contributed by atoms with van der Waals surface area (Å²) in [5, 5.41) is 66.1. The molecule has 18 nitrogen and oxygen atoms in total. The van der Waals surface area contributed by atoms with Gasteiger partial charge in [-0.1, -0.05) is 0 Å². The van der Waals surface area contributed by atoms with Gasteiger partial charge in [0.25, 0.3) is 0 Å². The van der Waals surface area contributed by atoms with Gasteiger partial charge in [-0.05, 0) is 0 Å². The predicted octanol–water partition coefficient (Wildman–Crippen LogP) is -4.45. The number of nitrogens with zero attached hydrogens (tertiary/aromatic N) is 6. The number of hydrogen-bond acceptors (Lipinski definition) is 13. The van der Waals surface area contributed by atoms with E-state index in [-0.39, 0.29) is 118 Å². The minimum Gasteiger partial charge on any atom is -0.480 e. The zero-order chi connectivity index (χ0) is 31.7. The van der Waals surface area contributed by atoms with Gasteiger partial charge in [-0.15, -0.1) is 0 Å². The van der Waals surface area contributed by atoms with E-state index in [2.05, 4.69) is 0 Å². The normalized spacial score (nSPS) is 19.7. The lowest BCUT2D eigenvalue weighted by molar-refractivity contribution is -0.141. The minimum atomic E-state index is -1.70. The summed E-state index contributed by atoms with van der Waals surface area (Å²) in [4.78, 5) is 66.9. The van der Waals surface area contributed by atoms with Crippen molar-refractivity contribution in [2.24, 2.45) is 0 Å². The molecule has 0 aliphatic carbocycles. The maximum absolute atomic E-state index is 11.5. The Morgan fingerprint density at radius 3 is 0.690 bits per heavy atom. The molecule has 0 bridgehead atoms. The Morgan fingerprint density at radius 1 is 0.381 bits per heavy atom. The summed E-state index contributed by atoms with van der Waals surface area (Å²) < 4.78 is 0. The second kappa shape index (κ2) is 20.0. The van der Waals surface area contributed by atoms with Crippen molar-refractivity contribution in [3.05, 3.63) is 0 Å². The van der Waals surface area contributed by atoms with Gasteiger partial charge in [0, 0.05) is 85.1 Å². The molecule has 0 radical (unpaired) electrons. The predicted molar refractivity (Wildman–Crippen MR) is 145 cm³/mol. The van der Waals surface area contributed by atoms with Crippen LogP contribution in [-0.2, 0) is 24.0 Å². The largest absolute Gasteiger partial charge is 0.480 e. The average molecular weight is 609 g/mol. The van der Waals surface area contributed by atoms with Gasteiger partial charge in [-0.25, -0.2) is 0 Å². The van der Waals surface area contributed by atoms with Crippen LogP contribution in [0.3, 0.4) is 0 Å². The maximum Gasteiger partial charge on any atom is 0.317 e. The Kier molecular flexibility index (Phi) is 17.7. The van der Waals surface area contributed by atoms with Gasteiger partial charge in [-0.3, -0.25) is 53.4 Å². The van der Waals surface area contributed by atoms with Gasteiger partial charge in [0.15, 0.2) is 6.29 Å². The monoisotopic (exact) mass is 608 g/mol. The molecule has 0 aromatic heterocycles. The summed E-state index contributed by atoms with van der Waals surface area (Å²) in [5.74, 6) is -5.57. The second-order valence-electron chi connectivity index (χ2n) is 10.1. The van der Waals surface area contributed by atoms with Crippen molar-refractivity contribution in [2.45, 2.75) is 6.29 Å². The molecule has 0 spiro atoms. The van der Waals surface area contributed by atoms with Crippen molar-refractivity contribution >= 4 is 29.8 Å². The Balaban J connectivity index is 3.27. The van der Waals surface area contributed by atoms with Crippen molar-refractivity contribution in [3.8, 4) is 0 Å². The van der Waals surface area contributed by atoms with Crippen LogP contribution in [0.2, 0.25) is 0 Å². The standard InChI is InChI=1S/C24H44N6O12/c31-19(32)13-25-1-2-26(14-20(33)34)5-6-28(16-22(37)38)9-10-30(18-24(41)42)12-11-29(17-23(39)40)8-7-27(4-3-25)15-21(35)36/h19,31-32H,1-18H2,(H,33,34)(H,35,36)(H,37,38)(H,39,40)(H,41,42). The fourth-order valence-corrected chi connectivity index (χ4v) is 4.53. The van der Waals surface area contributed by atoms with Gasteiger partial charge in [0.05, 0.1) is 32.7 Å². The highest BCUT2D eigenvalue weighted by Gasteiger charge is 2.21. The molecule has 18 heteroatoms. The number of β-amino-alcohol motifs (C(OH)–C–C–N with tert-alkyl or cyclic N) is 2. The first-order chi connectivity index (χ1) is 19.7. The van der Waals surface area contributed by atoms with E-state index in [1.54, 1.807) is 29.4 Å². The number of rotatable bonds is 12. The lowest BCUT2D eigenvalue weighted by atomic mass is 10.3. The van der Waals surface area contributed by atoms with Crippen LogP contribution in [0.1, 0.15) is 0 Å². The number of aliphatic carboxylic acids is 5. The number of aliphatic hydroxyl groups is 2. The van der Waals surface area contributed by atoms with Crippen molar-refractivity contribution in [1.82, 2.24) is 29.4 Å². The van der Waals surface area contributed by atoms with E-state index in [1.807, 2.05) is 0 Å². The molecule has 1 heterocycles. The van der Waals surface area contributed by atoms with Gasteiger partial charge in [-0.2, -0.15) is 0 Å². The van der Waals surface area contributed by atoms with Crippen LogP contribution in [0, 0.1) is 0 Å². The van der Waals surface area contributed by atoms with Crippen molar-refractivity contribution in [2.75, 3.05) is 118 Å². The van der Waals surface area contributed by atoms with Crippen LogP contribution in [0.15, 0.2) is 0 Å². The van der Waals surface area contributed by atoms with Crippen LogP contribution in [-0.4, -0.2) is 219 Å². The van der Waals surface area contributed by atoms with Gasteiger partial charge in [0.2, 0.25) is 0 Å². The Morgan fingerprint density at radius 2 is 0.548 bits per heavy atom. The molecule has 242 valence electrons. The summed E-state index contributed by atoms with van der Waals surface area (Å²) in [7, 11) is 0. The Bertz CT molecular complexity index is 823. The van der Waals surface area contributed by atoms with E-state index in [9.17, 15) is 59.7 Å². The molecule has 0 unspecified atom stereocenters. The molecule has 7 N–H and O–H groups in total. The third kappa shape index (κ3) is 18.5. The molecule has 0 aromatic rings. The maximum atomic E-state index is 11.5. The summed E-state index contributed by atoms with van der Waals surface area (Å²) in [6.45, 7) is -0.0384. The van der Waals surface area contributed by atoms with Crippen LogP contribution in [0.4, 0.5) is 0 Å². The molecule has 0 amide bonds. The first-order valence-corrected chi connectivity index (χ1v) is 13.5. The SMILES string of the molecule is O=C(O)CN1CCN(CC(=O)O)CCN(CC(=O)O)CCN(CC(O)O)CCN(CC(=O)O)CCN(CC(=O)O)CC1. The van der Waals surface area contributed by atoms with Gasteiger partial charge >= 0.3 is 29.8 Å². The Labute approximate surface area is 243 Å². The molecule has 42 heavy (non-hydrogen) atoms. The molecule has 0 saturated carbocycles. The third-order valence-electron chi connectivity index (χ3n) is 6.61. The van der Waals surface area contributed by atoms with Gasteiger partial charge < -0.3 is 35.7 Å². The van der Waals surface area contributed by atoms with Crippen molar-refractivity contribution in [1.29, 1.82) is 0 Å². The molecule has 1 rings (SSSR count). The van der Waals surface area contributed by atoms with Crippen LogP contribution in [0.25, 0.3) is 0 Å². The van der Waals surface area contributed by atoms with Crippen LogP contribution in [0.5, 0.6) is 0 Å². The molecule has 0 aromatic carbocycles. The van der Waals surface area contributed by atoms with Crippen molar-refractivity contribution < 1.29 is 59.7 Å². The number of hydrogen-bond donors (Lipinski definition) is 7. The molecule has 1 aliphatic heterocycles. The van der Waals surface area contributed by atoms with E-state index >= 15 is 0 Å². The topological polar surface area (TPSA) is 246 Å². The Hall–Kier alpha value is -2.97. The highest BCUT2D eigenvalue weighted by Crippen LogP contribution is 2.02. The highest BCUT2D eigenvalue weighted by atomic mass is 16.5. The molecular formula is C24H44N6O12. The quantitative estimate of drug-likeness (QED) is 0.103. The average Bonchev–Trinajstić information content (AvgIpc) is 2.85. The van der Waals surface area contributed by atoms with E-state index in [0.29, 0.717) is 0 Å². The van der Waals surface area contributed by atoms with E-state index < -0.39 is 36.1 Å². The summed E-state index contributed by atoms with van der Waals surface area (Å²) >= 11 is 0. The van der Waals surface area contributed by atoms with Crippen molar-refractivity contribution in [3.63, 3.8) is 0 Å².